The van der Waals surface area contributed by atoms with Gasteiger partial charge in [-0.15, -0.1) is 0 Å². The lowest BCUT2D eigenvalue weighted by Crippen LogP contribution is -2.28. The summed E-state index contributed by atoms with van der Waals surface area (Å²) in [6.45, 7) is 0. The van der Waals surface area contributed by atoms with Gasteiger partial charge in [0.25, 0.3) is 5.78 Å². The number of rotatable bonds is 2. The number of carbonyl (C=O) groups is 1. The van der Waals surface area contributed by atoms with Crippen molar-refractivity contribution in [2.45, 2.75) is 12.1 Å². The van der Waals surface area contributed by atoms with Crippen LogP contribution in [-0.2, 0) is 4.79 Å². The van der Waals surface area contributed by atoms with Gasteiger partial charge in [-0.2, -0.15) is 18.4 Å². The summed E-state index contributed by atoms with van der Waals surface area (Å²) in [7, 11) is 0. The first-order valence-corrected chi connectivity index (χ1v) is 4.60. The Morgan fingerprint density at radius 1 is 1.41 bits per heavy atom. The lowest BCUT2D eigenvalue weighted by molar-refractivity contribution is -0.171. The molecule has 0 heterocycles. The number of benzene rings is 1. The van der Waals surface area contributed by atoms with Gasteiger partial charge in [-0.3, -0.25) is 4.79 Å². The van der Waals surface area contributed by atoms with Gasteiger partial charge in [-0.1, -0.05) is 17.7 Å². The van der Waals surface area contributed by atoms with E-state index in [1.807, 2.05) is 0 Å². The molecule has 0 bridgehead atoms. The van der Waals surface area contributed by atoms with Crippen LogP contribution < -0.4 is 0 Å². The van der Waals surface area contributed by atoms with Crippen LogP contribution in [0.2, 0.25) is 5.02 Å². The molecule has 0 radical (unpaired) electrons. The zero-order valence-corrected chi connectivity index (χ0v) is 8.81. The van der Waals surface area contributed by atoms with Gasteiger partial charge in [0.1, 0.15) is 11.7 Å². The molecule has 1 aromatic carbocycles. The van der Waals surface area contributed by atoms with Crippen LogP contribution in [0.5, 0.6) is 0 Å². The van der Waals surface area contributed by atoms with Crippen molar-refractivity contribution in [3.8, 4) is 6.07 Å². The number of nitrogens with zero attached hydrogens (tertiary/aromatic N) is 1. The third kappa shape index (κ3) is 2.94. The molecule has 1 atom stereocenters. The Balaban J connectivity index is 3.21. The van der Waals surface area contributed by atoms with Crippen LogP contribution >= 0.6 is 11.6 Å². The normalized spacial score (nSPS) is 12.9. The third-order valence-electron chi connectivity index (χ3n) is 1.94. The number of halogens is 5. The predicted octanol–water partition coefficient (Wildman–Crippen LogP) is 3.22. The molecule has 0 spiro atoms. The van der Waals surface area contributed by atoms with Crippen molar-refractivity contribution in [3.05, 3.63) is 34.6 Å². The highest BCUT2D eigenvalue weighted by Gasteiger charge is 2.44. The fourth-order valence-corrected chi connectivity index (χ4v) is 1.33. The van der Waals surface area contributed by atoms with Crippen molar-refractivity contribution < 1.29 is 22.4 Å². The van der Waals surface area contributed by atoms with Crippen LogP contribution in [0.25, 0.3) is 0 Å². The molecule has 0 N–H and O–H groups in total. The summed E-state index contributed by atoms with van der Waals surface area (Å²) in [5.74, 6) is -5.64. The van der Waals surface area contributed by atoms with Crippen LogP contribution in [0, 0.1) is 17.1 Å². The minimum Gasteiger partial charge on any atom is -0.288 e. The van der Waals surface area contributed by atoms with Crippen LogP contribution in [-0.4, -0.2) is 12.0 Å². The van der Waals surface area contributed by atoms with E-state index in [9.17, 15) is 22.4 Å². The van der Waals surface area contributed by atoms with Crippen molar-refractivity contribution in [1.29, 1.82) is 5.26 Å². The maximum Gasteiger partial charge on any atom is 0.451 e. The van der Waals surface area contributed by atoms with E-state index in [-0.39, 0.29) is 5.02 Å². The highest BCUT2D eigenvalue weighted by molar-refractivity contribution is 6.30. The zero-order valence-electron chi connectivity index (χ0n) is 8.05. The third-order valence-corrected chi connectivity index (χ3v) is 2.18. The lowest BCUT2D eigenvalue weighted by Gasteiger charge is -2.11. The Morgan fingerprint density at radius 3 is 2.41 bits per heavy atom. The maximum atomic E-state index is 13.3. The number of ketones is 1. The molecular formula is C10H4ClF4NO. The second-order valence-electron chi connectivity index (χ2n) is 3.09. The van der Waals surface area contributed by atoms with Crippen molar-refractivity contribution in [1.82, 2.24) is 0 Å². The Hall–Kier alpha value is -1.61. The average molecular weight is 266 g/mol. The van der Waals surface area contributed by atoms with E-state index in [1.54, 1.807) is 0 Å². The number of Topliss-reactive ketones (excluding diaryl/α,β-unsaturated/α-hetero) is 1. The molecule has 90 valence electrons. The fraction of sp³-hybridized carbons (Fsp3) is 0.200. The number of hydrogen-bond acceptors (Lipinski definition) is 2. The molecule has 0 aromatic heterocycles. The van der Waals surface area contributed by atoms with Gasteiger partial charge in [-0.05, 0) is 12.1 Å². The number of alkyl halides is 3. The fourth-order valence-electron chi connectivity index (χ4n) is 1.17. The van der Waals surface area contributed by atoms with Gasteiger partial charge in [-0.25, -0.2) is 4.39 Å². The Kier molecular flexibility index (Phi) is 3.73. The summed E-state index contributed by atoms with van der Waals surface area (Å²) in [5.41, 5.74) is -0.640. The molecule has 0 fully saturated rings. The number of carbonyl (C=O) groups excluding carboxylic acids is 1. The van der Waals surface area contributed by atoms with E-state index in [0.717, 1.165) is 24.3 Å². The van der Waals surface area contributed by atoms with Crippen LogP contribution in [0.15, 0.2) is 18.2 Å². The van der Waals surface area contributed by atoms with Crippen molar-refractivity contribution >= 4 is 17.4 Å². The molecule has 7 heteroatoms. The SMILES string of the molecule is N#CC(C(=O)C(F)(F)F)c1ccc(Cl)cc1F. The van der Waals surface area contributed by atoms with Crippen LogP contribution in [0.3, 0.4) is 0 Å². The first-order valence-electron chi connectivity index (χ1n) is 4.23. The predicted molar refractivity (Wildman–Crippen MR) is 50.8 cm³/mol. The number of nitriles is 1. The monoisotopic (exact) mass is 265 g/mol. The number of hydrogen-bond donors (Lipinski definition) is 0. The summed E-state index contributed by atoms with van der Waals surface area (Å²) in [6, 6.07) is 3.86. The van der Waals surface area contributed by atoms with Gasteiger partial charge in [0.05, 0.1) is 6.07 Å². The summed E-state index contributed by atoms with van der Waals surface area (Å²) in [5, 5.41) is 8.50. The summed E-state index contributed by atoms with van der Waals surface area (Å²) >= 11 is 5.40. The van der Waals surface area contributed by atoms with Gasteiger partial charge < -0.3 is 0 Å². The van der Waals surface area contributed by atoms with Crippen molar-refractivity contribution in [2.75, 3.05) is 0 Å². The van der Waals surface area contributed by atoms with Crippen molar-refractivity contribution in [2.24, 2.45) is 0 Å². The Bertz CT molecular complexity index is 492. The largest absolute Gasteiger partial charge is 0.451 e. The van der Waals surface area contributed by atoms with E-state index in [2.05, 4.69) is 0 Å². The van der Waals surface area contributed by atoms with E-state index in [4.69, 9.17) is 16.9 Å². The van der Waals surface area contributed by atoms with E-state index < -0.39 is 29.3 Å². The molecule has 0 saturated carbocycles. The molecule has 0 amide bonds. The molecule has 1 unspecified atom stereocenters. The molecule has 1 rings (SSSR count). The van der Waals surface area contributed by atoms with Gasteiger partial charge >= 0.3 is 6.18 Å². The minimum absolute atomic E-state index is 0.0394. The zero-order chi connectivity index (χ0) is 13.2. The highest BCUT2D eigenvalue weighted by atomic mass is 35.5. The quantitative estimate of drug-likeness (QED) is 0.771. The molecule has 0 aliphatic carbocycles. The molecular weight excluding hydrogens is 262 g/mol. The first kappa shape index (κ1) is 13.5. The van der Waals surface area contributed by atoms with E-state index >= 15 is 0 Å². The molecule has 2 nitrogen and oxygen atoms in total. The van der Waals surface area contributed by atoms with E-state index in [0.29, 0.717) is 0 Å². The summed E-state index contributed by atoms with van der Waals surface area (Å²) < 4.78 is 49.7. The molecule has 0 aliphatic heterocycles. The molecule has 1 aromatic rings. The highest BCUT2D eigenvalue weighted by Crippen LogP contribution is 2.29. The van der Waals surface area contributed by atoms with Gasteiger partial charge in [0.15, 0.2) is 0 Å². The topological polar surface area (TPSA) is 40.9 Å². The van der Waals surface area contributed by atoms with Gasteiger partial charge in [0, 0.05) is 10.6 Å². The van der Waals surface area contributed by atoms with Crippen molar-refractivity contribution in [3.63, 3.8) is 0 Å². The maximum absolute atomic E-state index is 13.3. The standard InChI is InChI=1S/C10H4ClF4NO/c11-5-1-2-6(8(12)3-5)7(4-16)9(17)10(13,14)15/h1-3,7H. The molecule has 0 aliphatic rings. The van der Waals surface area contributed by atoms with E-state index in [1.165, 1.54) is 0 Å². The summed E-state index contributed by atoms with van der Waals surface area (Å²) in [4.78, 5) is 10.9. The Labute approximate surface area is 98.4 Å². The first-order chi connectivity index (χ1) is 7.77. The van der Waals surface area contributed by atoms with Crippen LogP contribution in [0.4, 0.5) is 17.6 Å². The lowest BCUT2D eigenvalue weighted by atomic mass is 9.95. The van der Waals surface area contributed by atoms with Crippen LogP contribution in [0.1, 0.15) is 11.5 Å². The second kappa shape index (κ2) is 4.72. The average Bonchev–Trinajstić information content (AvgIpc) is 2.20. The van der Waals surface area contributed by atoms with Gasteiger partial charge in [0.2, 0.25) is 0 Å². The summed E-state index contributed by atoms with van der Waals surface area (Å²) in [6.07, 6.45) is -5.19. The second-order valence-corrected chi connectivity index (χ2v) is 3.53. The Morgan fingerprint density at radius 2 is 2.00 bits per heavy atom. The minimum atomic E-state index is -5.19. The molecule has 17 heavy (non-hydrogen) atoms. The molecule has 0 saturated heterocycles. The smallest absolute Gasteiger partial charge is 0.288 e.